The van der Waals surface area contributed by atoms with Gasteiger partial charge in [-0.05, 0) is 32.4 Å². The molecule has 0 atom stereocenters. The molecule has 1 aromatic carbocycles. The van der Waals surface area contributed by atoms with Crippen molar-refractivity contribution in [1.29, 1.82) is 0 Å². The van der Waals surface area contributed by atoms with E-state index in [2.05, 4.69) is 18.1 Å². The Morgan fingerprint density at radius 3 is 2.33 bits per heavy atom. The Morgan fingerprint density at radius 1 is 1.13 bits per heavy atom. The van der Waals surface area contributed by atoms with Crippen LogP contribution >= 0.6 is 0 Å². The third-order valence-electron chi connectivity index (χ3n) is 2.75. The second-order valence-electron chi connectivity index (χ2n) is 3.79. The topological polar surface area (TPSA) is 43.8 Å². The summed E-state index contributed by atoms with van der Waals surface area (Å²) in [5, 5.41) is 4.43. The molecule has 3 nitrogen and oxygen atoms in total. The molecule has 0 bridgehead atoms. The predicted molar refractivity (Wildman–Crippen MR) is 62.2 cm³/mol. The summed E-state index contributed by atoms with van der Waals surface area (Å²) in [6.07, 6.45) is 0. The van der Waals surface area contributed by atoms with Gasteiger partial charge in [-0.3, -0.25) is 0 Å². The Balaban J connectivity index is 2.65. The van der Waals surface area contributed by atoms with Gasteiger partial charge in [0.1, 0.15) is 5.82 Å². The minimum Gasteiger partial charge on any atom is -0.383 e. The number of benzene rings is 1. The minimum atomic E-state index is 0.724. The molecule has 0 saturated heterocycles. The van der Waals surface area contributed by atoms with Gasteiger partial charge in [-0.2, -0.15) is 5.10 Å². The maximum absolute atomic E-state index is 6.00. The van der Waals surface area contributed by atoms with Crippen LogP contribution in [0.15, 0.2) is 24.3 Å². The number of rotatable bonds is 1. The average Bonchev–Trinajstić information content (AvgIpc) is 2.47. The molecule has 2 aromatic rings. The molecule has 78 valence electrons. The number of anilines is 1. The number of nitrogen functional groups attached to an aromatic ring is 1. The molecule has 2 N–H and O–H groups in total. The zero-order chi connectivity index (χ0) is 11.0. The molecular weight excluding hydrogens is 186 g/mol. The molecule has 0 radical (unpaired) electrons. The maximum atomic E-state index is 6.00. The second kappa shape index (κ2) is 3.42. The van der Waals surface area contributed by atoms with Gasteiger partial charge in [-0.25, -0.2) is 4.68 Å². The van der Waals surface area contributed by atoms with Gasteiger partial charge in [0.05, 0.1) is 11.4 Å². The van der Waals surface area contributed by atoms with E-state index < -0.39 is 0 Å². The lowest BCUT2D eigenvalue weighted by molar-refractivity contribution is 0.865. The molecule has 0 aliphatic carbocycles. The van der Waals surface area contributed by atoms with Crippen LogP contribution in [0, 0.1) is 20.8 Å². The number of hydrogen-bond acceptors (Lipinski definition) is 2. The first kappa shape index (κ1) is 9.77. The number of aromatic nitrogens is 2. The predicted octanol–water partition coefficient (Wildman–Crippen LogP) is 2.38. The summed E-state index contributed by atoms with van der Waals surface area (Å²) in [6.45, 7) is 6.02. The molecule has 0 fully saturated rings. The van der Waals surface area contributed by atoms with E-state index in [9.17, 15) is 0 Å². The van der Waals surface area contributed by atoms with E-state index in [0.717, 1.165) is 22.8 Å². The van der Waals surface area contributed by atoms with Crippen LogP contribution in [0.1, 0.15) is 16.8 Å². The van der Waals surface area contributed by atoms with Gasteiger partial charge in [-0.1, -0.05) is 18.2 Å². The SMILES string of the molecule is Cc1ccccc1-n1nc(C)c(C)c1N. The third kappa shape index (κ3) is 1.50. The molecule has 0 aliphatic heterocycles. The van der Waals surface area contributed by atoms with Crippen molar-refractivity contribution in [3.63, 3.8) is 0 Å². The number of nitrogens with zero attached hydrogens (tertiary/aromatic N) is 2. The van der Waals surface area contributed by atoms with E-state index in [1.54, 1.807) is 4.68 Å². The molecule has 15 heavy (non-hydrogen) atoms. The standard InChI is InChI=1S/C12H15N3/c1-8-6-4-5-7-11(8)15-12(13)9(2)10(3)14-15/h4-7H,13H2,1-3H3. The van der Waals surface area contributed by atoms with Crippen molar-refractivity contribution < 1.29 is 0 Å². The molecule has 0 spiro atoms. The molecule has 3 heteroatoms. The fourth-order valence-corrected chi connectivity index (χ4v) is 1.61. The molecule has 0 unspecified atom stereocenters. The van der Waals surface area contributed by atoms with Gasteiger partial charge in [0.15, 0.2) is 0 Å². The highest BCUT2D eigenvalue weighted by molar-refractivity contribution is 5.51. The average molecular weight is 201 g/mol. The molecule has 0 aliphatic rings. The van der Waals surface area contributed by atoms with Crippen LogP contribution in [0.4, 0.5) is 5.82 Å². The Morgan fingerprint density at radius 2 is 1.80 bits per heavy atom. The van der Waals surface area contributed by atoms with Gasteiger partial charge in [0.25, 0.3) is 0 Å². The summed E-state index contributed by atoms with van der Waals surface area (Å²) in [4.78, 5) is 0. The van der Waals surface area contributed by atoms with Crippen molar-refractivity contribution in [1.82, 2.24) is 9.78 Å². The van der Waals surface area contributed by atoms with Crippen molar-refractivity contribution >= 4 is 5.82 Å². The largest absolute Gasteiger partial charge is 0.383 e. The van der Waals surface area contributed by atoms with Crippen molar-refractivity contribution in [2.24, 2.45) is 0 Å². The summed E-state index contributed by atoms with van der Waals surface area (Å²) in [5.74, 6) is 0.724. The zero-order valence-corrected chi connectivity index (χ0v) is 9.28. The minimum absolute atomic E-state index is 0.724. The third-order valence-corrected chi connectivity index (χ3v) is 2.75. The van der Waals surface area contributed by atoms with Crippen LogP contribution in [0.25, 0.3) is 5.69 Å². The van der Waals surface area contributed by atoms with Crippen molar-refractivity contribution in [3.05, 3.63) is 41.1 Å². The Labute approximate surface area is 89.5 Å². The Hall–Kier alpha value is -1.77. The van der Waals surface area contributed by atoms with Crippen LogP contribution in [0.5, 0.6) is 0 Å². The highest BCUT2D eigenvalue weighted by Gasteiger charge is 2.10. The van der Waals surface area contributed by atoms with E-state index in [0.29, 0.717) is 0 Å². The summed E-state index contributed by atoms with van der Waals surface area (Å²) in [7, 11) is 0. The molecular formula is C12H15N3. The van der Waals surface area contributed by atoms with E-state index in [4.69, 9.17) is 5.73 Å². The lowest BCUT2D eigenvalue weighted by Gasteiger charge is -2.07. The first-order valence-electron chi connectivity index (χ1n) is 4.99. The lowest BCUT2D eigenvalue weighted by atomic mass is 10.2. The molecule has 1 aromatic heterocycles. The van der Waals surface area contributed by atoms with Gasteiger partial charge >= 0.3 is 0 Å². The first-order valence-corrected chi connectivity index (χ1v) is 4.99. The molecule has 0 amide bonds. The van der Waals surface area contributed by atoms with Crippen molar-refractivity contribution in [2.75, 3.05) is 5.73 Å². The molecule has 1 heterocycles. The second-order valence-corrected chi connectivity index (χ2v) is 3.79. The first-order chi connectivity index (χ1) is 7.11. The lowest BCUT2D eigenvalue weighted by Crippen LogP contribution is -2.03. The zero-order valence-electron chi connectivity index (χ0n) is 9.28. The van der Waals surface area contributed by atoms with E-state index in [1.165, 1.54) is 5.56 Å². The Bertz CT molecular complexity index is 498. The van der Waals surface area contributed by atoms with E-state index >= 15 is 0 Å². The van der Waals surface area contributed by atoms with Crippen molar-refractivity contribution in [2.45, 2.75) is 20.8 Å². The van der Waals surface area contributed by atoms with Gasteiger partial charge < -0.3 is 5.73 Å². The molecule has 0 saturated carbocycles. The normalized spacial score (nSPS) is 10.6. The van der Waals surface area contributed by atoms with Crippen LogP contribution in [-0.4, -0.2) is 9.78 Å². The summed E-state index contributed by atoms with van der Waals surface area (Å²) < 4.78 is 1.81. The highest BCUT2D eigenvalue weighted by atomic mass is 15.3. The molecule has 2 rings (SSSR count). The van der Waals surface area contributed by atoms with Crippen LogP contribution < -0.4 is 5.73 Å². The quantitative estimate of drug-likeness (QED) is 0.769. The van der Waals surface area contributed by atoms with Gasteiger partial charge in [0, 0.05) is 5.56 Å². The fraction of sp³-hybridized carbons (Fsp3) is 0.250. The summed E-state index contributed by atoms with van der Waals surface area (Å²) in [5.41, 5.74) is 10.3. The van der Waals surface area contributed by atoms with E-state index in [-0.39, 0.29) is 0 Å². The van der Waals surface area contributed by atoms with Crippen LogP contribution in [-0.2, 0) is 0 Å². The number of nitrogens with two attached hydrogens (primary N) is 1. The summed E-state index contributed by atoms with van der Waals surface area (Å²) in [6, 6.07) is 8.09. The number of hydrogen-bond donors (Lipinski definition) is 1. The highest BCUT2D eigenvalue weighted by Crippen LogP contribution is 2.21. The van der Waals surface area contributed by atoms with Crippen LogP contribution in [0.3, 0.4) is 0 Å². The smallest absolute Gasteiger partial charge is 0.130 e. The maximum Gasteiger partial charge on any atom is 0.130 e. The van der Waals surface area contributed by atoms with E-state index in [1.807, 2.05) is 32.0 Å². The number of para-hydroxylation sites is 1. The van der Waals surface area contributed by atoms with Crippen molar-refractivity contribution in [3.8, 4) is 5.69 Å². The van der Waals surface area contributed by atoms with Crippen LogP contribution in [0.2, 0.25) is 0 Å². The fourth-order valence-electron chi connectivity index (χ4n) is 1.61. The number of aryl methyl sites for hydroxylation is 2. The van der Waals surface area contributed by atoms with Gasteiger partial charge in [-0.15, -0.1) is 0 Å². The summed E-state index contributed by atoms with van der Waals surface area (Å²) >= 11 is 0. The monoisotopic (exact) mass is 201 g/mol. The Kier molecular flexibility index (Phi) is 2.23. The van der Waals surface area contributed by atoms with Gasteiger partial charge in [0.2, 0.25) is 0 Å².